The van der Waals surface area contributed by atoms with Gasteiger partial charge in [-0.15, -0.1) is 11.3 Å². The molecule has 0 saturated carbocycles. The zero-order valence-electron chi connectivity index (χ0n) is 12.6. The summed E-state index contributed by atoms with van der Waals surface area (Å²) in [4.78, 5) is 1.11. The van der Waals surface area contributed by atoms with Crippen molar-refractivity contribution < 1.29 is 8.42 Å². The van der Waals surface area contributed by atoms with Crippen LogP contribution in [0.3, 0.4) is 0 Å². The van der Waals surface area contributed by atoms with E-state index in [1.807, 2.05) is 6.07 Å². The Kier molecular flexibility index (Phi) is 7.72. The summed E-state index contributed by atoms with van der Waals surface area (Å²) in [7, 11) is -3.32. The maximum Gasteiger partial charge on any atom is 0.250 e. The van der Waals surface area contributed by atoms with Crippen molar-refractivity contribution in [2.75, 3.05) is 19.6 Å². The zero-order valence-corrected chi connectivity index (χ0v) is 14.2. The van der Waals surface area contributed by atoms with Gasteiger partial charge in [0.05, 0.1) is 0 Å². The Bertz CT molecular complexity index is 481. The smallest absolute Gasteiger partial charge is 0.250 e. The molecule has 0 aromatic carbocycles. The second-order valence-electron chi connectivity index (χ2n) is 5.30. The highest BCUT2D eigenvalue weighted by Gasteiger charge is 2.16. The Hall–Kier alpha value is -0.430. The molecular formula is C14H26N2O2S2. The molecule has 6 heteroatoms. The van der Waals surface area contributed by atoms with Crippen molar-refractivity contribution in [2.24, 2.45) is 5.92 Å². The lowest BCUT2D eigenvalue weighted by molar-refractivity contribution is 0.553. The fourth-order valence-corrected chi connectivity index (χ4v) is 4.15. The lowest BCUT2D eigenvalue weighted by Gasteiger charge is -2.06. The zero-order chi connectivity index (χ0) is 15.0. The fourth-order valence-electron chi connectivity index (χ4n) is 1.70. The van der Waals surface area contributed by atoms with E-state index in [2.05, 4.69) is 30.8 Å². The number of nitrogens with one attached hydrogen (secondary N) is 2. The SMILES string of the molecule is CCCNCCc1ccc(S(=O)(=O)NCCC(C)C)s1. The van der Waals surface area contributed by atoms with Gasteiger partial charge in [-0.2, -0.15) is 0 Å². The Morgan fingerprint density at radius 2 is 1.95 bits per heavy atom. The molecule has 0 atom stereocenters. The number of hydrogen-bond acceptors (Lipinski definition) is 4. The van der Waals surface area contributed by atoms with Crippen LogP contribution in [0.5, 0.6) is 0 Å². The maximum atomic E-state index is 12.1. The quantitative estimate of drug-likeness (QED) is 0.652. The molecular weight excluding hydrogens is 292 g/mol. The molecule has 1 rings (SSSR count). The molecule has 0 radical (unpaired) electrons. The normalized spacial score (nSPS) is 12.2. The summed E-state index contributed by atoms with van der Waals surface area (Å²) in [6.07, 6.45) is 2.86. The van der Waals surface area contributed by atoms with Gasteiger partial charge in [-0.05, 0) is 50.4 Å². The third kappa shape index (κ3) is 6.35. The van der Waals surface area contributed by atoms with E-state index in [4.69, 9.17) is 0 Å². The van der Waals surface area contributed by atoms with Crippen molar-refractivity contribution in [2.45, 2.75) is 44.2 Å². The molecule has 0 saturated heterocycles. The van der Waals surface area contributed by atoms with E-state index in [1.54, 1.807) is 6.07 Å². The molecule has 0 aliphatic heterocycles. The van der Waals surface area contributed by atoms with Crippen LogP contribution in [0.15, 0.2) is 16.3 Å². The number of sulfonamides is 1. The second-order valence-corrected chi connectivity index (χ2v) is 8.46. The summed E-state index contributed by atoms with van der Waals surface area (Å²) in [6.45, 7) is 8.71. The van der Waals surface area contributed by atoms with Gasteiger partial charge >= 0.3 is 0 Å². The topological polar surface area (TPSA) is 58.2 Å². The first-order valence-electron chi connectivity index (χ1n) is 7.24. The molecule has 0 aliphatic carbocycles. The van der Waals surface area contributed by atoms with Gasteiger partial charge in [0, 0.05) is 11.4 Å². The van der Waals surface area contributed by atoms with Gasteiger partial charge in [0.2, 0.25) is 10.0 Å². The minimum absolute atomic E-state index is 0.423. The Labute approximate surface area is 127 Å². The molecule has 0 unspecified atom stereocenters. The van der Waals surface area contributed by atoms with Crippen LogP contribution >= 0.6 is 11.3 Å². The van der Waals surface area contributed by atoms with Crippen molar-refractivity contribution in [3.63, 3.8) is 0 Å². The minimum Gasteiger partial charge on any atom is -0.316 e. The Morgan fingerprint density at radius 3 is 2.60 bits per heavy atom. The predicted molar refractivity (Wildman–Crippen MR) is 85.8 cm³/mol. The highest BCUT2D eigenvalue weighted by molar-refractivity contribution is 7.91. The van der Waals surface area contributed by atoms with E-state index in [-0.39, 0.29) is 0 Å². The van der Waals surface area contributed by atoms with E-state index in [9.17, 15) is 8.42 Å². The van der Waals surface area contributed by atoms with Crippen molar-refractivity contribution in [1.29, 1.82) is 0 Å². The average molecular weight is 319 g/mol. The van der Waals surface area contributed by atoms with Gasteiger partial charge in [-0.25, -0.2) is 13.1 Å². The molecule has 4 nitrogen and oxygen atoms in total. The van der Waals surface area contributed by atoms with Crippen LogP contribution in [0.4, 0.5) is 0 Å². The standard InChI is InChI=1S/C14H26N2O2S2/c1-4-9-15-10-8-13-5-6-14(19-13)20(17,18)16-11-7-12(2)3/h5-6,12,15-16H,4,7-11H2,1-3H3. The Morgan fingerprint density at radius 1 is 1.20 bits per heavy atom. The molecule has 20 heavy (non-hydrogen) atoms. The van der Waals surface area contributed by atoms with Gasteiger partial charge in [0.1, 0.15) is 4.21 Å². The molecule has 0 spiro atoms. The Balaban J connectivity index is 2.48. The first kappa shape index (κ1) is 17.6. The summed E-state index contributed by atoms with van der Waals surface area (Å²) >= 11 is 1.37. The lowest BCUT2D eigenvalue weighted by atomic mass is 10.1. The van der Waals surface area contributed by atoms with Gasteiger partial charge in [-0.3, -0.25) is 0 Å². The van der Waals surface area contributed by atoms with E-state index >= 15 is 0 Å². The number of rotatable bonds is 10. The first-order valence-corrected chi connectivity index (χ1v) is 9.54. The van der Waals surface area contributed by atoms with E-state index in [0.29, 0.717) is 16.7 Å². The molecule has 0 fully saturated rings. The maximum absolute atomic E-state index is 12.1. The molecule has 1 aromatic heterocycles. The lowest BCUT2D eigenvalue weighted by Crippen LogP contribution is -2.24. The van der Waals surface area contributed by atoms with Crippen molar-refractivity contribution in [3.05, 3.63) is 17.0 Å². The molecule has 1 heterocycles. The van der Waals surface area contributed by atoms with Gasteiger partial charge < -0.3 is 5.32 Å². The largest absolute Gasteiger partial charge is 0.316 e. The predicted octanol–water partition coefficient (Wildman–Crippen LogP) is 2.61. The summed E-state index contributed by atoms with van der Waals surface area (Å²) in [5, 5.41) is 3.32. The van der Waals surface area contributed by atoms with Crippen LogP contribution in [0, 0.1) is 5.92 Å². The van der Waals surface area contributed by atoms with Crippen molar-refractivity contribution in [3.8, 4) is 0 Å². The highest BCUT2D eigenvalue weighted by Crippen LogP contribution is 2.21. The van der Waals surface area contributed by atoms with E-state index in [0.717, 1.165) is 37.2 Å². The van der Waals surface area contributed by atoms with Crippen LogP contribution < -0.4 is 10.0 Å². The fraction of sp³-hybridized carbons (Fsp3) is 0.714. The van der Waals surface area contributed by atoms with Gasteiger partial charge in [-0.1, -0.05) is 20.8 Å². The van der Waals surface area contributed by atoms with Crippen molar-refractivity contribution >= 4 is 21.4 Å². The molecule has 116 valence electrons. The van der Waals surface area contributed by atoms with Crippen LogP contribution in [0.25, 0.3) is 0 Å². The van der Waals surface area contributed by atoms with Crippen LogP contribution in [-0.2, 0) is 16.4 Å². The molecule has 2 N–H and O–H groups in total. The summed E-state index contributed by atoms with van der Waals surface area (Å²) in [6, 6.07) is 3.62. The van der Waals surface area contributed by atoms with Crippen LogP contribution in [-0.4, -0.2) is 28.1 Å². The first-order chi connectivity index (χ1) is 9.45. The van der Waals surface area contributed by atoms with Crippen LogP contribution in [0.2, 0.25) is 0 Å². The highest BCUT2D eigenvalue weighted by atomic mass is 32.2. The third-order valence-corrected chi connectivity index (χ3v) is 5.99. The summed E-state index contributed by atoms with van der Waals surface area (Å²) in [5.41, 5.74) is 0. The molecule has 1 aromatic rings. The number of thiophene rings is 1. The van der Waals surface area contributed by atoms with Gasteiger partial charge in [0.25, 0.3) is 0 Å². The molecule has 0 aliphatic rings. The van der Waals surface area contributed by atoms with E-state index in [1.165, 1.54) is 11.3 Å². The summed E-state index contributed by atoms with van der Waals surface area (Å²) in [5.74, 6) is 0.501. The summed E-state index contributed by atoms with van der Waals surface area (Å²) < 4.78 is 27.3. The van der Waals surface area contributed by atoms with Crippen molar-refractivity contribution in [1.82, 2.24) is 10.0 Å². The molecule has 0 amide bonds. The van der Waals surface area contributed by atoms with E-state index < -0.39 is 10.0 Å². The molecule has 0 bridgehead atoms. The van der Waals surface area contributed by atoms with Crippen LogP contribution in [0.1, 0.15) is 38.5 Å². The number of hydrogen-bond donors (Lipinski definition) is 2. The minimum atomic E-state index is -3.32. The van der Waals surface area contributed by atoms with Gasteiger partial charge in [0.15, 0.2) is 0 Å². The average Bonchev–Trinajstić information content (AvgIpc) is 2.83. The third-order valence-electron chi connectivity index (χ3n) is 2.89. The monoisotopic (exact) mass is 318 g/mol. The second kappa shape index (κ2) is 8.77.